The zero-order valence-electron chi connectivity index (χ0n) is 17.1. The van der Waals surface area contributed by atoms with E-state index in [4.69, 9.17) is 22.3 Å². The largest absolute Gasteiger partial charge is 0.338 e. The van der Waals surface area contributed by atoms with E-state index in [1.54, 1.807) is 35.5 Å². The van der Waals surface area contributed by atoms with Crippen molar-refractivity contribution in [3.8, 4) is 0 Å². The van der Waals surface area contributed by atoms with E-state index in [9.17, 15) is 0 Å². The molecule has 0 radical (unpaired) electrons. The Morgan fingerprint density at radius 3 is 2.61 bits per heavy atom. The predicted molar refractivity (Wildman–Crippen MR) is 127 cm³/mol. The van der Waals surface area contributed by atoms with Gasteiger partial charge < -0.3 is 9.47 Å². The number of rotatable bonds is 6. The van der Waals surface area contributed by atoms with E-state index in [2.05, 4.69) is 31.9 Å². The van der Waals surface area contributed by atoms with E-state index >= 15 is 0 Å². The SMILES string of the molecule is Cn1c(CSc2nc3ccccc3s2)nn(CN2CCN(c3ncccn3)CC2)c1=S. The Kier molecular flexibility index (Phi) is 5.99. The maximum Gasteiger partial charge on any atom is 0.225 e. The molecule has 0 unspecified atom stereocenters. The Bertz CT molecular complexity index is 1190. The molecule has 4 heterocycles. The van der Waals surface area contributed by atoms with Crippen molar-refractivity contribution < 1.29 is 0 Å². The molecule has 1 fully saturated rings. The highest BCUT2D eigenvalue weighted by atomic mass is 32.2. The van der Waals surface area contributed by atoms with Crippen molar-refractivity contribution in [1.29, 1.82) is 0 Å². The predicted octanol–water partition coefficient (Wildman–Crippen LogP) is 3.42. The Morgan fingerprint density at radius 1 is 1.06 bits per heavy atom. The molecular formula is C20H22N8S3. The number of benzene rings is 1. The second-order valence-corrected chi connectivity index (χ2v) is 9.91. The maximum atomic E-state index is 5.65. The molecule has 0 aliphatic carbocycles. The number of para-hydroxylation sites is 1. The monoisotopic (exact) mass is 470 g/mol. The van der Waals surface area contributed by atoms with E-state index < -0.39 is 0 Å². The minimum absolute atomic E-state index is 0.696. The standard InChI is InChI=1S/C20H22N8S3/c1-25-17(13-30-19-23-15-5-2-3-6-16(15)31-19)24-28(20(25)29)14-26-9-11-27(12-10-26)18-21-7-4-8-22-18/h2-8H,9-14H2,1H3. The third-order valence-electron chi connectivity index (χ3n) is 5.27. The molecule has 5 rings (SSSR count). The van der Waals surface area contributed by atoms with Crippen LogP contribution in [0.5, 0.6) is 0 Å². The van der Waals surface area contributed by atoms with Gasteiger partial charge in [0.15, 0.2) is 9.11 Å². The molecular weight excluding hydrogens is 448 g/mol. The van der Waals surface area contributed by atoms with Crippen LogP contribution >= 0.6 is 35.3 Å². The number of fused-ring (bicyclic) bond motifs is 1. The first kappa shape index (κ1) is 20.6. The molecule has 3 aromatic heterocycles. The second kappa shape index (κ2) is 9.03. The molecule has 160 valence electrons. The number of thiazole rings is 1. The first-order valence-electron chi connectivity index (χ1n) is 10.0. The van der Waals surface area contributed by atoms with Crippen molar-refractivity contribution in [3.05, 3.63) is 53.3 Å². The Labute approximate surface area is 193 Å². The van der Waals surface area contributed by atoms with Gasteiger partial charge in [-0.05, 0) is 30.4 Å². The molecule has 0 N–H and O–H groups in total. The highest BCUT2D eigenvalue weighted by molar-refractivity contribution is 8.00. The van der Waals surface area contributed by atoms with Gasteiger partial charge in [0, 0.05) is 45.6 Å². The summed E-state index contributed by atoms with van der Waals surface area (Å²) in [4.78, 5) is 18.0. The molecule has 11 heteroatoms. The molecule has 1 aliphatic heterocycles. The molecule has 0 saturated carbocycles. The third kappa shape index (κ3) is 4.49. The first-order valence-corrected chi connectivity index (χ1v) is 12.2. The minimum Gasteiger partial charge on any atom is -0.338 e. The number of piperazine rings is 1. The number of thioether (sulfide) groups is 1. The van der Waals surface area contributed by atoms with Crippen molar-refractivity contribution in [2.24, 2.45) is 7.05 Å². The fourth-order valence-electron chi connectivity index (χ4n) is 3.52. The van der Waals surface area contributed by atoms with Gasteiger partial charge in [-0.1, -0.05) is 23.9 Å². The van der Waals surface area contributed by atoms with E-state index in [1.807, 2.05) is 34.5 Å². The van der Waals surface area contributed by atoms with Crippen LogP contribution in [0.3, 0.4) is 0 Å². The Morgan fingerprint density at radius 2 is 1.84 bits per heavy atom. The van der Waals surface area contributed by atoms with Crippen LogP contribution in [-0.4, -0.2) is 60.4 Å². The first-order chi connectivity index (χ1) is 15.2. The van der Waals surface area contributed by atoms with Gasteiger partial charge in [-0.15, -0.1) is 11.3 Å². The number of anilines is 1. The van der Waals surface area contributed by atoms with Crippen LogP contribution in [0.2, 0.25) is 0 Å². The molecule has 0 amide bonds. The number of aromatic nitrogens is 6. The summed E-state index contributed by atoms with van der Waals surface area (Å²) in [5.74, 6) is 2.50. The topological polar surface area (TPSA) is 67.9 Å². The minimum atomic E-state index is 0.696. The molecule has 0 bridgehead atoms. The van der Waals surface area contributed by atoms with Gasteiger partial charge >= 0.3 is 0 Å². The maximum absolute atomic E-state index is 5.65. The zero-order valence-corrected chi connectivity index (χ0v) is 19.5. The molecule has 4 aromatic rings. The van der Waals surface area contributed by atoms with Crippen molar-refractivity contribution in [2.75, 3.05) is 31.1 Å². The van der Waals surface area contributed by atoms with E-state index in [0.717, 1.165) is 58.3 Å². The summed E-state index contributed by atoms with van der Waals surface area (Å²) in [6.45, 7) is 4.33. The summed E-state index contributed by atoms with van der Waals surface area (Å²) in [5.41, 5.74) is 1.05. The molecule has 8 nitrogen and oxygen atoms in total. The summed E-state index contributed by atoms with van der Waals surface area (Å²) in [5, 5.41) is 4.80. The van der Waals surface area contributed by atoms with Crippen molar-refractivity contribution in [1.82, 2.24) is 34.2 Å². The van der Waals surface area contributed by atoms with Gasteiger partial charge in [0.2, 0.25) is 5.95 Å². The van der Waals surface area contributed by atoms with Crippen molar-refractivity contribution in [3.63, 3.8) is 0 Å². The normalized spacial score (nSPS) is 15.1. The van der Waals surface area contributed by atoms with Crippen LogP contribution in [0.4, 0.5) is 5.95 Å². The van der Waals surface area contributed by atoms with Gasteiger partial charge in [0.1, 0.15) is 5.82 Å². The average molecular weight is 471 g/mol. The quantitative estimate of drug-likeness (QED) is 0.314. The smallest absolute Gasteiger partial charge is 0.225 e. The summed E-state index contributed by atoms with van der Waals surface area (Å²) >= 11 is 9.08. The van der Waals surface area contributed by atoms with Crippen LogP contribution in [0, 0.1) is 4.77 Å². The van der Waals surface area contributed by atoms with Crippen LogP contribution in [0.1, 0.15) is 5.82 Å². The number of hydrogen-bond donors (Lipinski definition) is 0. The fraction of sp³-hybridized carbons (Fsp3) is 0.350. The highest BCUT2D eigenvalue weighted by Gasteiger charge is 2.20. The van der Waals surface area contributed by atoms with E-state index in [1.165, 1.54) is 4.70 Å². The van der Waals surface area contributed by atoms with Crippen LogP contribution in [0.15, 0.2) is 47.1 Å². The lowest BCUT2D eigenvalue weighted by Gasteiger charge is -2.34. The molecule has 1 aromatic carbocycles. The lowest BCUT2D eigenvalue weighted by atomic mass is 10.3. The van der Waals surface area contributed by atoms with Crippen molar-refractivity contribution in [2.45, 2.75) is 16.8 Å². The fourth-order valence-corrected chi connectivity index (χ4v) is 5.77. The molecule has 31 heavy (non-hydrogen) atoms. The van der Waals surface area contributed by atoms with E-state index in [-0.39, 0.29) is 0 Å². The third-order valence-corrected chi connectivity index (χ3v) is 7.93. The van der Waals surface area contributed by atoms with Gasteiger partial charge in [-0.2, -0.15) is 5.10 Å². The lowest BCUT2D eigenvalue weighted by Crippen LogP contribution is -2.47. The van der Waals surface area contributed by atoms with Gasteiger partial charge in [0.25, 0.3) is 0 Å². The molecule has 0 spiro atoms. The van der Waals surface area contributed by atoms with Crippen LogP contribution < -0.4 is 4.90 Å². The van der Waals surface area contributed by atoms with E-state index in [0.29, 0.717) is 6.67 Å². The molecule has 1 saturated heterocycles. The summed E-state index contributed by atoms with van der Waals surface area (Å²) in [7, 11) is 1.99. The second-order valence-electron chi connectivity index (χ2n) is 7.29. The number of nitrogens with zero attached hydrogens (tertiary/aromatic N) is 8. The highest BCUT2D eigenvalue weighted by Crippen LogP contribution is 2.31. The Hall–Kier alpha value is -2.34. The van der Waals surface area contributed by atoms with Gasteiger partial charge in [0.05, 0.1) is 22.6 Å². The lowest BCUT2D eigenvalue weighted by molar-refractivity contribution is 0.193. The number of hydrogen-bond acceptors (Lipinski definition) is 9. The summed E-state index contributed by atoms with van der Waals surface area (Å²) in [6.07, 6.45) is 3.58. The average Bonchev–Trinajstić information content (AvgIpc) is 3.35. The molecule has 1 aliphatic rings. The van der Waals surface area contributed by atoms with Gasteiger partial charge in [-0.25, -0.2) is 19.6 Å². The zero-order chi connectivity index (χ0) is 21.2. The van der Waals surface area contributed by atoms with Crippen LogP contribution in [0.25, 0.3) is 10.2 Å². The Balaban J connectivity index is 1.21. The molecule has 0 atom stereocenters. The summed E-state index contributed by atoms with van der Waals surface area (Å²) in [6, 6.07) is 10.1. The van der Waals surface area contributed by atoms with Crippen LogP contribution in [-0.2, 0) is 19.5 Å². The van der Waals surface area contributed by atoms with Gasteiger partial charge in [-0.3, -0.25) is 4.90 Å². The summed E-state index contributed by atoms with van der Waals surface area (Å²) < 4.78 is 6.95. The van der Waals surface area contributed by atoms with Crippen molar-refractivity contribution >= 4 is 51.5 Å².